The van der Waals surface area contributed by atoms with Crippen molar-refractivity contribution in [1.29, 1.82) is 0 Å². The fraction of sp³-hybridized carbons (Fsp3) is 0.220. The summed E-state index contributed by atoms with van der Waals surface area (Å²) in [5.74, 6) is 0.255. The summed E-state index contributed by atoms with van der Waals surface area (Å²) < 4.78 is 16.3. The summed E-state index contributed by atoms with van der Waals surface area (Å²) in [4.78, 5) is 23.8. The van der Waals surface area contributed by atoms with Crippen LogP contribution in [0, 0.1) is 0 Å². The van der Waals surface area contributed by atoms with Crippen LogP contribution in [-0.2, 0) is 25.5 Å². The van der Waals surface area contributed by atoms with Crippen molar-refractivity contribution in [2.75, 3.05) is 6.54 Å². The lowest BCUT2D eigenvalue weighted by molar-refractivity contribution is -0.157. The minimum absolute atomic E-state index is 0.206. The molecule has 47 heavy (non-hydrogen) atoms. The quantitative estimate of drug-likeness (QED) is 0.122. The first kappa shape index (κ1) is 34.7. The fourth-order valence-electron chi connectivity index (χ4n) is 4.90. The van der Waals surface area contributed by atoms with E-state index in [0.717, 1.165) is 27.8 Å². The minimum Gasteiger partial charge on any atom is -0.455 e. The van der Waals surface area contributed by atoms with Gasteiger partial charge in [0.25, 0.3) is 0 Å². The maximum absolute atomic E-state index is 12.0. The van der Waals surface area contributed by atoms with Crippen molar-refractivity contribution in [3.63, 3.8) is 0 Å². The number of carbonyl (C=O) groups excluding carboxylic acids is 2. The molecule has 0 saturated heterocycles. The van der Waals surface area contributed by atoms with E-state index in [-0.39, 0.29) is 5.97 Å². The number of hydrogen-bond acceptors (Lipinski definition) is 6. The van der Waals surface area contributed by atoms with Gasteiger partial charge in [0.05, 0.1) is 0 Å². The van der Waals surface area contributed by atoms with E-state index in [9.17, 15) is 9.59 Å². The molecule has 0 spiro atoms. The summed E-state index contributed by atoms with van der Waals surface area (Å²) in [6.07, 6.45) is 0.299. The predicted molar refractivity (Wildman–Crippen MR) is 188 cm³/mol. The molecule has 6 heteroatoms. The van der Waals surface area contributed by atoms with Crippen molar-refractivity contribution in [2.45, 2.75) is 51.7 Å². The molecule has 0 heterocycles. The summed E-state index contributed by atoms with van der Waals surface area (Å²) in [6, 6.07) is 45.3. The smallest absolute Gasteiger partial charge is 0.455 e. The number of ether oxygens (including phenoxy) is 3. The number of benzene rings is 5. The summed E-state index contributed by atoms with van der Waals surface area (Å²) in [7, 11) is 0. The molecule has 0 unspecified atom stereocenters. The van der Waals surface area contributed by atoms with Gasteiger partial charge >= 0.3 is 12.1 Å². The van der Waals surface area contributed by atoms with E-state index in [0.29, 0.717) is 25.1 Å². The van der Waals surface area contributed by atoms with Crippen LogP contribution in [0.3, 0.4) is 0 Å². The highest BCUT2D eigenvalue weighted by Gasteiger charge is 2.27. The average Bonchev–Trinajstić information content (AvgIpc) is 3.08. The number of nitrogens with two attached hydrogens (primary N) is 1. The van der Waals surface area contributed by atoms with Gasteiger partial charge < -0.3 is 19.9 Å². The Morgan fingerprint density at radius 1 is 0.532 bits per heavy atom. The normalized spacial score (nSPS) is 11.1. The second-order valence-corrected chi connectivity index (χ2v) is 12.0. The Hall–Kier alpha value is -5.20. The molecule has 0 fully saturated rings. The topological polar surface area (TPSA) is 87.9 Å². The molecule has 0 aliphatic carbocycles. The van der Waals surface area contributed by atoms with Crippen LogP contribution < -0.4 is 10.5 Å². The Balaban J connectivity index is 0.000000215. The number of rotatable bonds is 10. The SMILES string of the molecule is CC(C)(OC(=O)CCCN)c1ccc(-c2ccccc2)cc1.CC(C)(OC(=O)Oc1ccccc1)c1ccc(-c2ccccc2)cc1. The Kier molecular flexibility index (Phi) is 12.1. The molecule has 6 nitrogen and oxygen atoms in total. The number of hydrogen-bond donors (Lipinski definition) is 1. The third kappa shape index (κ3) is 10.4. The van der Waals surface area contributed by atoms with Crippen LogP contribution in [0.4, 0.5) is 4.79 Å². The lowest BCUT2D eigenvalue weighted by atomic mass is 9.95. The van der Waals surface area contributed by atoms with Gasteiger partial charge in [-0.3, -0.25) is 4.79 Å². The zero-order chi connectivity index (χ0) is 33.7. The van der Waals surface area contributed by atoms with Gasteiger partial charge in [0.15, 0.2) is 0 Å². The zero-order valence-corrected chi connectivity index (χ0v) is 27.5. The Morgan fingerprint density at radius 2 is 0.915 bits per heavy atom. The highest BCUT2D eigenvalue weighted by Crippen LogP contribution is 2.30. The largest absolute Gasteiger partial charge is 0.514 e. The highest BCUT2D eigenvalue weighted by molar-refractivity contribution is 5.70. The molecule has 0 radical (unpaired) electrons. The Labute approximate surface area is 278 Å². The lowest BCUT2D eigenvalue weighted by Crippen LogP contribution is -2.27. The van der Waals surface area contributed by atoms with Crippen molar-refractivity contribution in [1.82, 2.24) is 0 Å². The van der Waals surface area contributed by atoms with Crippen LogP contribution in [0.1, 0.15) is 51.7 Å². The van der Waals surface area contributed by atoms with E-state index in [1.54, 1.807) is 24.3 Å². The van der Waals surface area contributed by atoms with Crippen LogP contribution in [0.25, 0.3) is 22.3 Å². The zero-order valence-electron chi connectivity index (χ0n) is 27.5. The van der Waals surface area contributed by atoms with Crippen LogP contribution in [0.5, 0.6) is 5.75 Å². The fourth-order valence-corrected chi connectivity index (χ4v) is 4.90. The van der Waals surface area contributed by atoms with Gasteiger partial charge in [-0.1, -0.05) is 127 Å². The molecule has 2 N–H and O–H groups in total. The van der Waals surface area contributed by atoms with E-state index in [4.69, 9.17) is 19.9 Å². The van der Waals surface area contributed by atoms with Gasteiger partial charge in [0.2, 0.25) is 0 Å². The molecule has 242 valence electrons. The standard InChI is InChI=1S/C22H20O3.C19H23NO2/c1-22(2,25-21(23)24-20-11-7-4-8-12-20)19-15-13-18(14-16-19)17-9-5-3-6-10-17;1-19(2,22-18(21)9-6-14-20)17-12-10-16(11-13-17)15-7-4-3-5-8-15/h3-16H,1-2H3;3-5,7-8,10-13H,6,9,14,20H2,1-2H3. The summed E-state index contributed by atoms with van der Waals surface area (Å²) in [5, 5.41) is 0. The van der Waals surface area contributed by atoms with E-state index in [1.165, 1.54) is 5.56 Å². The molecule has 0 bridgehead atoms. The Bertz CT molecular complexity index is 1680. The number of carbonyl (C=O) groups is 2. The van der Waals surface area contributed by atoms with Gasteiger partial charge in [0, 0.05) is 6.42 Å². The van der Waals surface area contributed by atoms with Crippen LogP contribution in [0.15, 0.2) is 140 Å². The van der Waals surface area contributed by atoms with Crippen LogP contribution >= 0.6 is 0 Å². The minimum atomic E-state index is -0.791. The van der Waals surface area contributed by atoms with Crippen molar-refractivity contribution >= 4 is 12.1 Å². The second-order valence-electron chi connectivity index (χ2n) is 12.0. The molecule has 0 saturated carbocycles. The molecule has 0 aliphatic rings. The van der Waals surface area contributed by atoms with Crippen molar-refractivity contribution in [3.05, 3.63) is 151 Å². The molecule has 0 amide bonds. The number of esters is 1. The van der Waals surface area contributed by atoms with Gasteiger partial charge in [-0.25, -0.2) is 4.79 Å². The van der Waals surface area contributed by atoms with Crippen LogP contribution in [-0.4, -0.2) is 18.7 Å². The maximum Gasteiger partial charge on any atom is 0.514 e. The average molecular weight is 630 g/mol. The van der Waals surface area contributed by atoms with E-state index >= 15 is 0 Å². The van der Waals surface area contributed by atoms with E-state index < -0.39 is 17.4 Å². The van der Waals surface area contributed by atoms with Gasteiger partial charge in [-0.15, -0.1) is 0 Å². The Morgan fingerprint density at radius 3 is 1.34 bits per heavy atom. The lowest BCUT2D eigenvalue weighted by Gasteiger charge is -2.26. The van der Waals surface area contributed by atoms with Crippen LogP contribution in [0.2, 0.25) is 0 Å². The third-order valence-corrected chi connectivity index (χ3v) is 7.61. The van der Waals surface area contributed by atoms with Crippen molar-refractivity contribution in [2.24, 2.45) is 5.73 Å². The van der Waals surface area contributed by atoms with Gasteiger partial charge in [-0.05, 0) is 86.2 Å². The molecular formula is C41H43NO5. The molecule has 0 aromatic heterocycles. The van der Waals surface area contributed by atoms with Crippen molar-refractivity contribution < 1.29 is 23.8 Å². The summed E-state index contributed by atoms with van der Waals surface area (Å²) in [6.45, 7) is 8.00. The molecule has 5 aromatic rings. The molecular weight excluding hydrogens is 586 g/mol. The second kappa shape index (κ2) is 16.4. The van der Waals surface area contributed by atoms with E-state index in [2.05, 4.69) is 36.4 Å². The third-order valence-electron chi connectivity index (χ3n) is 7.61. The molecule has 5 aromatic carbocycles. The first-order valence-electron chi connectivity index (χ1n) is 15.8. The monoisotopic (exact) mass is 629 g/mol. The summed E-state index contributed by atoms with van der Waals surface area (Å²) >= 11 is 0. The molecule has 0 atom stereocenters. The predicted octanol–water partition coefficient (Wildman–Crippen LogP) is 9.68. The van der Waals surface area contributed by atoms with E-state index in [1.807, 2.05) is 107 Å². The summed E-state index contributed by atoms with van der Waals surface area (Å²) in [5.41, 5.74) is 10.5. The molecule has 5 rings (SSSR count). The maximum atomic E-state index is 12.0. The highest BCUT2D eigenvalue weighted by atomic mass is 16.7. The first-order chi connectivity index (χ1) is 22.6. The molecule has 0 aliphatic heterocycles. The first-order valence-corrected chi connectivity index (χ1v) is 15.8. The van der Waals surface area contributed by atoms with Gasteiger partial charge in [-0.2, -0.15) is 0 Å². The van der Waals surface area contributed by atoms with Crippen molar-refractivity contribution in [3.8, 4) is 28.0 Å². The van der Waals surface area contributed by atoms with Gasteiger partial charge in [0.1, 0.15) is 17.0 Å². The number of para-hydroxylation sites is 1.